The van der Waals surface area contributed by atoms with Crippen LogP contribution in [0.4, 0.5) is 0 Å². The van der Waals surface area contributed by atoms with Gasteiger partial charge in [0.1, 0.15) is 5.75 Å². The van der Waals surface area contributed by atoms with Gasteiger partial charge in [-0.2, -0.15) is 0 Å². The summed E-state index contributed by atoms with van der Waals surface area (Å²) in [6.07, 6.45) is 0.899. The van der Waals surface area contributed by atoms with Gasteiger partial charge in [0.05, 0.1) is 12.4 Å². The summed E-state index contributed by atoms with van der Waals surface area (Å²) in [5, 5.41) is 12.5. The van der Waals surface area contributed by atoms with E-state index in [1.807, 2.05) is 54.8 Å². The third-order valence-corrected chi connectivity index (χ3v) is 5.60. The molecule has 7 heteroatoms. The van der Waals surface area contributed by atoms with Gasteiger partial charge in [-0.3, -0.25) is 9.36 Å². The van der Waals surface area contributed by atoms with E-state index in [9.17, 15) is 4.79 Å². The largest absolute Gasteiger partial charge is 0.494 e. The molecule has 0 bridgehead atoms. The van der Waals surface area contributed by atoms with E-state index in [2.05, 4.69) is 41.5 Å². The molecule has 3 aromatic rings. The SMILES string of the molecule is CCOc1ccc(-n2c(SCC(=O)NC(C)CC)nnc2-c2cccc(C)c2)cc1. The average molecular weight is 425 g/mol. The van der Waals surface area contributed by atoms with E-state index in [0.29, 0.717) is 11.8 Å². The van der Waals surface area contributed by atoms with Crippen LogP contribution in [0.2, 0.25) is 0 Å². The Balaban J connectivity index is 1.93. The van der Waals surface area contributed by atoms with Crippen molar-refractivity contribution in [1.82, 2.24) is 20.1 Å². The highest BCUT2D eigenvalue weighted by Gasteiger charge is 2.18. The number of nitrogens with one attached hydrogen (secondary N) is 1. The van der Waals surface area contributed by atoms with E-state index in [-0.39, 0.29) is 17.7 Å². The Labute approximate surface area is 182 Å². The molecule has 0 spiro atoms. The van der Waals surface area contributed by atoms with Gasteiger partial charge >= 0.3 is 0 Å². The Morgan fingerprint density at radius 2 is 1.93 bits per heavy atom. The maximum absolute atomic E-state index is 12.3. The molecule has 1 heterocycles. The van der Waals surface area contributed by atoms with E-state index >= 15 is 0 Å². The zero-order chi connectivity index (χ0) is 21.5. The Kier molecular flexibility index (Phi) is 7.52. The Hall–Kier alpha value is -2.80. The molecule has 1 amide bonds. The molecule has 158 valence electrons. The van der Waals surface area contributed by atoms with Crippen LogP contribution in [-0.4, -0.2) is 39.1 Å². The average Bonchev–Trinajstić information content (AvgIpc) is 3.17. The smallest absolute Gasteiger partial charge is 0.230 e. The number of nitrogens with zero attached hydrogens (tertiary/aromatic N) is 3. The molecule has 1 unspecified atom stereocenters. The summed E-state index contributed by atoms with van der Waals surface area (Å²) in [6, 6.07) is 16.2. The van der Waals surface area contributed by atoms with E-state index in [1.165, 1.54) is 11.8 Å². The number of aromatic nitrogens is 3. The molecule has 0 aliphatic heterocycles. The normalized spacial score (nSPS) is 11.9. The zero-order valence-electron chi connectivity index (χ0n) is 17.9. The molecule has 0 fully saturated rings. The van der Waals surface area contributed by atoms with Crippen molar-refractivity contribution in [3.63, 3.8) is 0 Å². The number of amides is 1. The summed E-state index contributed by atoms with van der Waals surface area (Å²) in [5.41, 5.74) is 3.05. The van der Waals surface area contributed by atoms with Crippen molar-refractivity contribution in [2.45, 2.75) is 45.3 Å². The second-order valence-corrected chi connectivity index (χ2v) is 8.05. The van der Waals surface area contributed by atoms with Crippen LogP contribution >= 0.6 is 11.8 Å². The maximum Gasteiger partial charge on any atom is 0.230 e. The van der Waals surface area contributed by atoms with Gasteiger partial charge < -0.3 is 10.1 Å². The second kappa shape index (κ2) is 10.3. The molecule has 1 aromatic heterocycles. The minimum atomic E-state index is -0.00676. The van der Waals surface area contributed by atoms with Gasteiger partial charge in [-0.25, -0.2) is 0 Å². The highest BCUT2D eigenvalue weighted by molar-refractivity contribution is 7.99. The molecule has 6 nitrogen and oxygen atoms in total. The number of hydrogen-bond donors (Lipinski definition) is 1. The summed E-state index contributed by atoms with van der Waals surface area (Å²) < 4.78 is 7.56. The monoisotopic (exact) mass is 424 g/mol. The van der Waals surface area contributed by atoms with Crippen molar-refractivity contribution >= 4 is 17.7 Å². The van der Waals surface area contributed by atoms with E-state index in [4.69, 9.17) is 4.74 Å². The van der Waals surface area contributed by atoms with E-state index in [1.54, 1.807) is 0 Å². The number of aryl methyl sites for hydroxylation is 1. The number of rotatable bonds is 9. The molecule has 0 saturated heterocycles. The van der Waals surface area contributed by atoms with Gasteiger partial charge in [0, 0.05) is 17.3 Å². The molecular weight excluding hydrogens is 396 g/mol. The fraction of sp³-hybridized carbons (Fsp3) is 0.348. The maximum atomic E-state index is 12.3. The first-order valence-electron chi connectivity index (χ1n) is 10.2. The molecule has 30 heavy (non-hydrogen) atoms. The number of carbonyl (C=O) groups excluding carboxylic acids is 1. The third kappa shape index (κ3) is 5.42. The predicted molar refractivity (Wildman–Crippen MR) is 121 cm³/mol. The zero-order valence-corrected chi connectivity index (χ0v) is 18.7. The highest BCUT2D eigenvalue weighted by Crippen LogP contribution is 2.29. The highest BCUT2D eigenvalue weighted by atomic mass is 32.2. The minimum Gasteiger partial charge on any atom is -0.494 e. The molecule has 0 saturated carbocycles. The number of thioether (sulfide) groups is 1. The van der Waals surface area contributed by atoms with Crippen LogP contribution in [0.15, 0.2) is 53.7 Å². The lowest BCUT2D eigenvalue weighted by atomic mass is 10.1. The lowest BCUT2D eigenvalue weighted by molar-refractivity contribution is -0.119. The topological polar surface area (TPSA) is 69.0 Å². The summed E-state index contributed by atoms with van der Waals surface area (Å²) in [5.74, 6) is 1.84. The van der Waals surface area contributed by atoms with Gasteiger partial charge in [-0.05, 0) is 57.5 Å². The van der Waals surface area contributed by atoms with Crippen LogP contribution in [0.5, 0.6) is 5.75 Å². The number of carbonyl (C=O) groups is 1. The first-order chi connectivity index (χ1) is 14.5. The number of hydrogen-bond acceptors (Lipinski definition) is 5. The Morgan fingerprint density at radius 1 is 1.17 bits per heavy atom. The van der Waals surface area contributed by atoms with Crippen LogP contribution in [-0.2, 0) is 4.79 Å². The summed E-state index contributed by atoms with van der Waals surface area (Å²) in [4.78, 5) is 12.3. The van der Waals surface area contributed by atoms with Crippen molar-refractivity contribution in [1.29, 1.82) is 0 Å². The second-order valence-electron chi connectivity index (χ2n) is 7.10. The van der Waals surface area contributed by atoms with Crippen LogP contribution in [0.3, 0.4) is 0 Å². The number of benzene rings is 2. The third-order valence-electron chi connectivity index (χ3n) is 4.67. The van der Waals surface area contributed by atoms with Gasteiger partial charge in [-0.15, -0.1) is 10.2 Å². The van der Waals surface area contributed by atoms with Crippen molar-refractivity contribution in [2.24, 2.45) is 0 Å². The summed E-state index contributed by atoms with van der Waals surface area (Å²) in [7, 11) is 0. The van der Waals surface area contributed by atoms with Crippen LogP contribution in [0, 0.1) is 6.92 Å². The predicted octanol–water partition coefficient (Wildman–Crippen LogP) is 4.65. The molecule has 0 aliphatic carbocycles. The Bertz CT molecular complexity index is 985. The van der Waals surface area contributed by atoms with Crippen LogP contribution in [0.1, 0.15) is 32.8 Å². The molecule has 3 rings (SSSR count). The quantitative estimate of drug-likeness (QED) is 0.507. The van der Waals surface area contributed by atoms with Gasteiger partial charge in [0.25, 0.3) is 0 Å². The number of ether oxygens (including phenoxy) is 1. The first-order valence-corrected chi connectivity index (χ1v) is 11.2. The van der Waals surface area contributed by atoms with E-state index in [0.717, 1.165) is 34.8 Å². The molecular formula is C23H28N4O2S. The fourth-order valence-corrected chi connectivity index (χ4v) is 3.74. The van der Waals surface area contributed by atoms with Gasteiger partial charge in [0.2, 0.25) is 5.91 Å². The van der Waals surface area contributed by atoms with Gasteiger partial charge in [0.15, 0.2) is 11.0 Å². The van der Waals surface area contributed by atoms with Crippen molar-refractivity contribution < 1.29 is 9.53 Å². The first kappa shape index (κ1) is 21.9. The molecule has 1 N–H and O–H groups in total. The molecule has 0 aliphatic rings. The summed E-state index contributed by atoms with van der Waals surface area (Å²) >= 11 is 1.38. The van der Waals surface area contributed by atoms with Crippen molar-refractivity contribution in [2.75, 3.05) is 12.4 Å². The molecule has 0 radical (unpaired) electrons. The lowest BCUT2D eigenvalue weighted by Crippen LogP contribution is -2.33. The van der Waals surface area contributed by atoms with Crippen molar-refractivity contribution in [3.8, 4) is 22.8 Å². The molecule has 1 atom stereocenters. The summed E-state index contributed by atoms with van der Waals surface area (Å²) in [6.45, 7) is 8.68. The standard InChI is InChI=1S/C23H28N4O2S/c1-5-17(4)24-21(28)15-30-23-26-25-22(18-9-7-8-16(3)14-18)27(23)19-10-12-20(13-11-19)29-6-2/h7-14,17H,5-6,15H2,1-4H3,(H,24,28). The minimum absolute atomic E-state index is 0.00676. The van der Waals surface area contributed by atoms with Crippen molar-refractivity contribution in [3.05, 3.63) is 54.1 Å². The van der Waals surface area contributed by atoms with Crippen LogP contribution < -0.4 is 10.1 Å². The lowest BCUT2D eigenvalue weighted by Gasteiger charge is -2.13. The fourth-order valence-electron chi connectivity index (χ4n) is 2.97. The molecule has 2 aromatic carbocycles. The van der Waals surface area contributed by atoms with E-state index < -0.39 is 0 Å². The Morgan fingerprint density at radius 3 is 2.60 bits per heavy atom. The van der Waals surface area contributed by atoms with Crippen LogP contribution in [0.25, 0.3) is 17.1 Å². The van der Waals surface area contributed by atoms with Gasteiger partial charge in [-0.1, -0.05) is 42.4 Å².